The van der Waals surface area contributed by atoms with Crippen LogP contribution in [-0.4, -0.2) is 90.9 Å². The van der Waals surface area contributed by atoms with Gasteiger partial charge in [0.05, 0.1) is 25.7 Å². The van der Waals surface area contributed by atoms with E-state index in [-0.39, 0.29) is 0 Å². The first-order chi connectivity index (χ1) is 15.5. The zero-order valence-corrected chi connectivity index (χ0v) is 18.8. The van der Waals surface area contributed by atoms with Crippen LogP contribution in [0, 0.1) is 0 Å². The number of rotatable bonds is 13. The van der Waals surface area contributed by atoms with Crippen molar-refractivity contribution in [3.8, 4) is 0 Å². The van der Waals surface area contributed by atoms with E-state index in [0.717, 1.165) is 0 Å². The standard InChI is InChI=1S/C14H18O14.2C3H6/c15-7(16)3-13(25,11(21)22)5-9(19)27-1-2-28-10(20)6-14(26,12(23)24)4-8(17)18;2*1-3-2/h25-26H,1-6H2,(H,15,16)(H,17,18)(H,21,22)(H,23,24);2*3H,1H2,2H3. The van der Waals surface area contributed by atoms with Gasteiger partial charge in [0.25, 0.3) is 0 Å². The summed E-state index contributed by atoms with van der Waals surface area (Å²) >= 11 is 0. The van der Waals surface area contributed by atoms with E-state index in [4.69, 9.17) is 20.4 Å². The summed E-state index contributed by atoms with van der Waals surface area (Å²) in [6, 6.07) is 0. The first-order valence-corrected chi connectivity index (χ1v) is 9.35. The number of aliphatic hydroxyl groups is 2. The number of carboxylic acids is 4. The molecule has 0 bridgehead atoms. The monoisotopic (exact) mass is 494 g/mol. The number of ether oxygens (including phenoxy) is 2. The van der Waals surface area contributed by atoms with Gasteiger partial charge in [-0.05, 0) is 13.8 Å². The predicted octanol–water partition coefficient (Wildman–Crippen LogP) is -0.182. The van der Waals surface area contributed by atoms with Gasteiger partial charge in [0.1, 0.15) is 13.2 Å². The molecule has 14 nitrogen and oxygen atoms in total. The maximum atomic E-state index is 11.5. The molecule has 0 aromatic heterocycles. The SMILES string of the molecule is C=CC.C=CC.O=C(O)CC(O)(CC(=O)OCCOC(=O)CC(O)(CC(=O)O)C(=O)O)C(=O)O. The topological polar surface area (TPSA) is 242 Å². The fourth-order valence-electron chi connectivity index (χ4n) is 1.82. The molecule has 0 heterocycles. The van der Waals surface area contributed by atoms with Crippen LogP contribution in [0.5, 0.6) is 0 Å². The Morgan fingerprint density at radius 2 is 0.882 bits per heavy atom. The summed E-state index contributed by atoms with van der Waals surface area (Å²) in [5, 5.41) is 53.9. The van der Waals surface area contributed by atoms with Crippen LogP contribution in [0.25, 0.3) is 0 Å². The molecule has 0 aliphatic carbocycles. The molecule has 0 fully saturated rings. The lowest BCUT2D eigenvalue weighted by atomic mass is 9.96. The molecule has 194 valence electrons. The molecule has 2 atom stereocenters. The molecule has 0 rings (SSSR count). The van der Waals surface area contributed by atoms with Gasteiger partial charge in [-0.15, -0.1) is 13.2 Å². The summed E-state index contributed by atoms with van der Waals surface area (Å²) in [6.45, 7) is 9.16. The Bertz CT molecular complexity index is 682. The summed E-state index contributed by atoms with van der Waals surface area (Å²) < 4.78 is 8.91. The Balaban J connectivity index is -0.00000143. The third-order valence-corrected chi connectivity index (χ3v) is 3.17. The zero-order chi connectivity index (χ0) is 27.5. The molecule has 2 unspecified atom stereocenters. The molecule has 6 N–H and O–H groups in total. The maximum Gasteiger partial charge on any atom is 0.336 e. The Kier molecular flexibility index (Phi) is 18.2. The van der Waals surface area contributed by atoms with Crippen LogP contribution in [0.4, 0.5) is 0 Å². The maximum absolute atomic E-state index is 11.5. The number of aliphatic carboxylic acids is 4. The van der Waals surface area contributed by atoms with E-state index in [2.05, 4.69) is 22.6 Å². The number of esters is 2. The Morgan fingerprint density at radius 3 is 1.06 bits per heavy atom. The minimum absolute atomic E-state index is 0.669. The highest BCUT2D eigenvalue weighted by Gasteiger charge is 2.42. The van der Waals surface area contributed by atoms with E-state index in [1.807, 2.05) is 13.8 Å². The number of carbonyl (C=O) groups excluding carboxylic acids is 2. The van der Waals surface area contributed by atoms with E-state index in [9.17, 15) is 39.0 Å². The highest BCUT2D eigenvalue weighted by atomic mass is 16.6. The number of carboxylic acid groups (broad SMARTS) is 4. The third-order valence-electron chi connectivity index (χ3n) is 3.17. The van der Waals surface area contributed by atoms with Gasteiger partial charge >= 0.3 is 35.8 Å². The lowest BCUT2D eigenvalue weighted by Crippen LogP contribution is -2.43. The first-order valence-electron chi connectivity index (χ1n) is 9.35. The Hall–Kier alpha value is -3.78. The van der Waals surface area contributed by atoms with E-state index >= 15 is 0 Å². The van der Waals surface area contributed by atoms with Crippen molar-refractivity contribution in [2.45, 2.75) is 50.7 Å². The summed E-state index contributed by atoms with van der Waals surface area (Å²) in [5.74, 6) is -9.95. The summed E-state index contributed by atoms with van der Waals surface area (Å²) in [7, 11) is 0. The molecule has 0 aromatic carbocycles. The van der Waals surface area contributed by atoms with Crippen molar-refractivity contribution in [2.24, 2.45) is 0 Å². The molecular formula is C20H30O14. The smallest absolute Gasteiger partial charge is 0.336 e. The second kappa shape index (κ2) is 17.7. The van der Waals surface area contributed by atoms with Crippen LogP contribution in [-0.2, 0) is 38.2 Å². The average molecular weight is 494 g/mol. The van der Waals surface area contributed by atoms with E-state index in [1.54, 1.807) is 12.2 Å². The second-order valence-corrected chi connectivity index (χ2v) is 6.43. The van der Waals surface area contributed by atoms with E-state index in [1.165, 1.54) is 0 Å². The molecule has 0 spiro atoms. The predicted molar refractivity (Wildman–Crippen MR) is 113 cm³/mol. The van der Waals surface area contributed by atoms with Crippen molar-refractivity contribution in [3.05, 3.63) is 25.3 Å². The molecule has 0 radical (unpaired) electrons. The molecule has 0 aliphatic heterocycles. The number of allylic oxidation sites excluding steroid dienone is 2. The average Bonchev–Trinajstić information content (AvgIpc) is 2.64. The van der Waals surface area contributed by atoms with Gasteiger partial charge in [-0.1, -0.05) is 12.2 Å². The molecule has 0 aliphatic rings. The third kappa shape index (κ3) is 16.9. The number of hydrogen-bond acceptors (Lipinski definition) is 10. The summed E-state index contributed by atoms with van der Waals surface area (Å²) in [5.41, 5.74) is -5.82. The van der Waals surface area contributed by atoms with Crippen molar-refractivity contribution in [3.63, 3.8) is 0 Å². The van der Waals surface area contributed by atoms with Crippen molar-refractivity contribution in [1.29, 1.82) is 0 Å². The summed E-state index contributed by atoms with van der Waals surface area (Å²) in [4.78, 5) is 65.7. The summed E-state index contributed by atoms with van der Waals surface area (Å²) in [6.07, 6.45) is -1.46. The molecule has 0 saturated heterocycles. The van der Waals surface area contributed by atoms with Crippen LogP contribution in [0.2, 0.25) is 0 Å². The van der Waals surface area contributed by atoms with Gasteiger partial charge in [0.2, 0.25) is 0 Å². The fourth-order valence-corrected chi connectivity index (χ4v) is 1.82. The minimum Gasteiger partial charge on any atom is -0.481 e. The Morgan fingerprint density at radius 1 is 0.647 bits per heavy atom. The molecule has 0 saturated carbocycles. The minimum atomic E-state index is -2.91. The quantitative estimate of drug-likeness (QED) is 0.110. The van der Waals surface area contributed by atoms with Crippen molar-refractivity contribution in [1.82, 2.24) is 0 Å². The van der Waals surface area contributed by atoms with Crippen molar-refractivity contribution in [2.75, 3.05) is 13.2 Å². The molecule has 34 heavy (non-hydrogen) atoms. The Labute approximate surface area is 194 Å². The number of carbonyl (C=O) groups is 6. The fraction of sp³-hybridized carbons (Fsp3) is 0.500. The largest absolute Gasteiger partial charge is 0.481 e. The van der Waals surface area contributed by atoms with Crippen LogP contribution in [0.15, 0.2) is 25.3 Å². The number of hydrogen-bond donors (Lipinski definition) is 6. The van der Waals surface area contributed by atoms with Crippen molar-refractivity contribution >= 4 is 35.8 Å². The highest BCUT2D eigenvalue weighted by Crippen LogP contribution is 2.18. The zero-order valence-electron chi connectivity index (χ0n) is 18.8. The normalized spacial score (nSPS) is 12.9. The van der Waals surface area contributed by atoms with Gasteiger partial charge in [0, 0.05) is 0 Å². The van der Waals surface area contributed by atoms with Crippen molar-refractivity contribution < 1.29 is 68.9 Å². The lowest BCUT2D eigenvalue weighted by molar-refractivity contribution is -0.174. The van der Waals surface area contributed by atoms with Gasteiger partial charge in [0.15, 0.2) is 11.2 Å². The molecule has 0 aromatic rings. The van der Waals surface area contributed by atoms with E-state index < -0.39 is 85.9 Å². The van der Waals surface area contributed by atoms with Crippen LogP contribution < -0.4 is 0 Å². The van der Waals surface area contributed by atoms with Crippen LogP contribution in [0.1, 0.15) is 39.5 Å². The van der Waals surface area contributed by atoms with E-state index in [0.29, 0.717) is 0 Å². The molecular weight excluding hydrogens is 464 g/mol. The van der Waals surface area contributed by atoms with Gasteiger partial charge in [-0.2, -0.15) is 0 Å². The second-order valence-electron chi connectivity index (χ2n) is 6.43. The van der Waals surface area contributed by atoms with Gasteiger partial charge in [-0.25, -0.2) is 9.59 Å². The van der Waals surface area contributed by atoms with Gasteiger partial charge < -0.3 is 40.1 Å². The lowest BCUT2D eigenvalue weighted by Gasteiger charge is -2.21. The highest BCUT2D eigenvalue weighted by molar-refractivity contribution is 5.89. The van der Waals surface area contributed by atoms with Crippen LogP contribution >= 0.6 is 0 Å². The van der Waals surface area contributed by atoms with Gasteiger partial charge in [-0.3, -0.25) is 19.2 Å². The molecule has 0 amide bonds. The van der Waals surface area contributed by atoms with Crippen LogP contribution in [0.3, 0.4) is 0 Å². The first kappa shape index (κ1) is 34.8. The molecule has 14 heteroatoms.